The van der Waals surface area contributed by atoms with Gasteiger partial charge in [-0.3, -0.25) is 4.79 Å². The molecule has 126 valence electrons. The summed E-state index contributed by atoms with van der Waals surface area (Å²) >= 11 is 0. The van der Waals surface area contributed by atoms with Crippen LogP contribution in [-0.4, -0.2) is 21.2 Å². The predicted octanol–water partition coefficient (Wildman–Crippen LogP) is 3.18. The monoisotopic (exact) mass is 327 g/mol. The Morgan fingerprint density at radius 1 is 1.25 bits per heavy atom. The molecule has 1 aliphatic heterocycles. The largest absolute Gasteiger partial charge is 0.448 e. The molecule has 1 aromatic carbocycles. The van der Waals surface area contributed by atoms with Crippen LogP contribution in [0.5, 0.6) is 11.5 Å². The van der Waals surface area contributed by atoms with E-state index in [1.54, 1.807) is 6.33 Å². The van der Waals surface area contributed by atoms with E-state index in [1.165, 1.54) is 0 Å². The lowest BCUT2D eigenvalue weighted by Crippen LogP contribution is -2.34. The summed E-state index contributed by atoms with van der Waals surface area (Å²) in [6, 6.07) is 5.55. The minimum absolute atomic E-state index is 0.0926. The molecule has 1 N–H and O–H groups in total. The van der Waals surface area contributed by atoms with E-state index in [4.69, 9.17) is 9.47 Å². The summed E-state index contributed by atoms with van der Waals surface area (Å²) in [5, 5.41) is 2.91. The molecule has 0 unspecified atom stereocenters. The molecule has 1 saturated carbocycles. The number of anilines is 1. The van der Waals surface area contributed by atoms with E-state index < -0.39 is 5.79 Å². The molecule has 2 aromatic rings. The molecule has 24 heavy (non-hydrogen) atoms. The molecule has 1 amide bonds. The van der Waals surface area contributed by atoms with E-state index in [9.17, 15) is 4.79 Å². The molecule has 1 fully saturated rings. The molecule has 2 aliphatic rings. The molecule has 0 radical (unpaired) electrons. The Balaban J connectivity index is 1.45. The van der Waals surface area contributed by atoms with Gasteiger partial charge in [0.15, 0.2) is 11.5 Å². The summed E-state index contributed by atoms with van der Waals surface area (Å²) < 4.78 is 13.9. The SMILES string of the molecule is Cc1ncn(CC(=O)Nc2ccc3c(c2)OC2(CCCC2)O3)c1C. The van der Waals surface area contributed by atoms with Gasteiger partial charge in [-0.2, -0.15) is 0 Å². The molecule has 0 bridgehead atoms. The quantitative estimate of drug-likeness (QED) is 0.940. The second kappa shape index (κ2) is 5.54. The van der Waals surface area contributed by atoms with Gasteiger partial charge in [0.25, 0.3) is 5.79 Å². The number of nitrogens with one attached hydrogen (secondary N) is 1. The molecule has 6 nitrogen and oxygen atoms in total. The highest BCUT2D eigenvalue weighted by Crippen LogP contribution is 2.47. The number of carbonyl (C=O) groups excluding carboxylic acids is 1. The fourth-order valence-electron chi connectivity index (χ4n) is 3.35. The average molecular weight is 327 g/mol. The Morgan fingerprint density at radius 2 is 2.00 bits per heavy atom. The number of benzene rings is 1. The summed E-state index contributed by atoms with van der Waals surface area (Å²) in [7, 11) is 0. The van der Waals surface area contributed by atoms with E-state index in [0.717, 1.165) is 42.8 Å². The van der Waals surface area contributed by atoms with Crippen molar-refractivity contribution in [3.05, 3.63) is 35.9 Å². The number of amides is 1. The second-order valence-electron chi connectivity index (χ2n) is 6.57. The van der Waals surface area contributed by atoms with E-state index >= 15 is 0 Å². The molecule has 1 spiro atoms. The second-order valence-corrected chi connectivity index (χ2v) is 6.57. The van der Waals surface area contributed by atoms with Crippen molar-refractivity contribution in [1.29, 1.82) is 0 Å². The number of aromatic nitrogens is 2. The number of ether oxygens (including phenoxy) is 2. The molecular formula is C18H21N3O3. The molecule has 2 heterocycles. The topological polar surface area (TPSA) is 65.4 Å². The number of imidazole rings is 1. The Morgan fingerprint density at radius 3 is 2.71 bits per heavy atom. The predicted molar refractivity (Wildman–Crippen MR) is 89.2 cm³/mol. The van der Waals surface area contributed by atoms with Crippen LogP contribution in [0.15, 0.2) is 24.5 Å². The number of carbonyl (C=O) groups is 1. The van der Waals surface area contributed by atoms with E-state index in [1.807, 2.05) is 36.6 Å². The molecular weight excluding hydrogens is 306 g/mol. The van der Waals surface area contributed by atoms with E-state index in [0.29, 0.717) is 11.4 Å². The van der Waals surface area contributed by atoms with Crippen LogP contribution in [0.1, 0.15) is 37.1 Å². The third kappa shape index (κ3) is 2.62. The van der Waals surface area contributed by atoms with Crippen LogP contribution in [-0.2, 0) is 11.3 Å². The lowest BCUT2D eigenvalue weighted by molar-refractivity contribution is -0.116. The maximum atomic E-state index is 12.3. The fraction of sp³-hybridized carbons (Fsp3) is 0.444. The third-order valence-electron chi connectivity index (χ3n) is 4.84. The van der Waals surface area contributed by atoms with E-state index in [-0.39, 0.29) is 12.5 Å². The van der Waals surface area contributed by atoms with Crippen molar-refractivity contribution >= 4 is 11.6 Å². The van der Waals surface area contributed by atoms with Gasteiger partial charge < -0.3 is 19.4 Å². The van der Waals surface area contributed by atoms with Gasteiger partial charge in [-0.05, 0) is 38.8 Å². The number of rotatable bonds is 3. The van der Waals surface area contributed by atoms with Crippen LogP contribution in [0.2, 0.25) is 0 Å². The Kier molecular flexibility index (Phi) is 3.48. The van der Waals surface area contributed by atoms with Gasteiger partial charge >= 0.3 is 0 Å². The first-order chi connectivity index (χ1) is 11.5. The number of aryl methyl sites for hydroxylation is 1. The standard InChI is InChI=1S/C18H21N3O3/c1-12-13(2)21(11-19-12)10-17(22)20-14-5-6-15-16(9-14)24-18(23-15)7-3-4-8-18/h5-6,9,11H,3-4,7-8,10H2,1-2H3,(H,20,22). The molecule has 0 atom stereocenters. The first-order valence-corrected chi connectivity index (χ1v) is 8.35. The minimum Gasteiger partial charge on any atom is -0.448 e. The van der Waals surface area contributed by atoms with Gasteiger partial charge in [0.05, 0.1) is 12.0 Å². The number of hydrogen-bond donors (Lipinski definition) is 1. The van der Waals surface area contributed by atoms with Crippen molar-refractivity contribution in [3.8, 4) is 11.5 Å². The maximum Gasteiger partial charge on any atom is 0.251 e. The normalized spacial score (nSPS) is 17.4. The summed E-state index contributed by atoms with van der Waals surface area (Å²) in [5.74, 6) is 0.904. The first-order valence-electron chi connectivity index (χ1n) is 8.35. The van der Waals surface area contributed by atoms with Gasteiger partial charge in [-0.25, -0.2) is 4.98 Å². The van der Waals surface area contributed by atoms with Crippen molar-refractivity contribution in [3.63, 3.8) is 0 Å². The van der Waals surface area contributed by atoms with Gasteiger partial charge in [0, 0.05) is 30.3 Å². The van der Waals surface area contributed by atoms with Gasteiger partial charge in [0.1, 0.15) is 6.54 Å². The number of fused-ring (bicyclic) bond motifs is 1. The zero-order chi connectivity index (χ0) is 16.7. The Labute approximate surface area is 140 Å². The fourth-order valence-corrected chi connectivity index (χ4v) is 3.35. The van der Waals surface area contributed by atoms with Crippen LogP contribution in [0.4, 0.5) is 5.69 Å². The Bertz CT molecular complexity index is 791. The van der Waals surface area contributed by atoms with Crippen LogP contribution in [0, 0.1) is 13.8 Å². The maximum absolute atomic E-state index is 12.3. The van der Waals surface area contributed by atoms with Gasteiger partial charge in [-0.15, -0.1) is 0 Å². The zero-order valence-corrected chi connectivity index (χ0v) is 14.0. The van der Waals surface area contributed by atoms with Crippen molar-refractivity contribution in [2.24, 2.45) is 0 Å². The molecule has 4 rings (SSSR count). The van der Waals surface area contributed by atoms with Crippen LogP contribution >= 0.6 is 0 Å². The van der Waals surface area contributed by atoms with Crippen molar-refractivity contribution in [2.45, 2.75) is 51.9 Å². The number of nitrogens with zero attached hydrogens (tertiary/aromatic N) is 2. The third-order valence-corrected chi connectivity index (χ3v) is 4.84. The first kappa shape index (κ1) is 15.1. The molecule has 6 heteroatoms. The summed E-state index contributed by atoms with van der Waals surface area (Å²) in [6.07, 6.45) is 5.78. The van der Waals surface area contributed by atoms with Crippen LogP contribution in [0.25, 0.3) is 0 Å². The molecule has 1 aliphatic carbocycles. The van der Waals surface area contributed by atoms with Crippen molar-refractivity contribution in [1.82, 2.24) is 9.55 Å². The van der Waals surface area contributed by atoms with Crippen LogP contribution in [0.3, 0.4) is 0 Å². The summed E-state index contributed by atoms with van der Waals surface area (Å²) in [6.45, 7) is 4.13. The number of hydrogen-bond acceptors (Lipinski definition) is 4. The van der Waals surface area contributed by atoms with Crippen molar-refractivity contribution in [2.75, 3.05) is 5.32 Å². The summed E-state index contributed by atoms with van der Waals surface area (Å²) in [5.41, 5.74) is 2.65. The Hall–Kier alpha value is -2.50. The smallest absolute Gasteiger partial charge is 0.251 e. The van der Waals surface area contributed by atoms with Crippen molar-refractivity contribution < 1.29 is 14.3 Å². The highest BCUT2D eigenvalue weighted by atomic mass is 16.7. The summed E-state index contributed by atoms with van der Waals surface area (Å²) in [4.78, 5) is 16.5. The van der Waals surface area contributed by atoms with Gasteiger partial charge in [-0.1, -0.05) is 0 Å². The van der Waals surface area contributed by atoms with Crippen LogP contribution < -0.4 is 14.8 Å². The average Bonchev–Trinajstić information content (AvgIpc) is 3.23. The molecule has 1 aromatic heterocycles. The lowest BCUT2D eigenvalue weighted by Gasteiger charge is -2.21. The minimum atomic E-state index is -0.476. The lowest BCUT2D eigenvalue weighted by atomic mass is 10.2. The zero-order valence-electron chi connectivity index (χ0n) is 14.0. The van der Waals surface area contributed by atoms with Gasteiger partial charge in [0.2, 0.25) is 5.91 Å². The molecule has 0 saturated heterocycles. The highest BCUT2D eigenvalue weighted by Gasteiger charge is 2.44. The highest BCUT2D eigenvalue weighted by molar-refractivity contribution is 5.91. The van der Waals surface area contributed by atoms with E-state index in [2.05, 4.69) is 10.3 Å².